The van der Waals surface area contributed by atoms with Gasteiger partial charge in [0.05, 0.1) is 19.6 Å². The van der Waals surface area contributed by atoms with Gasteiger partial charge in [-0.25, -0.2) is 4.98 Å². The number of aromatic nitrogens is 2. The molecule has 2 heterocycles. The average molecular weight is 350 g/mol. The van der Waals surface area contributed by atoms with E-state index >= 15 is 0 Å². The molecule has 7 nitrogen and oxygen atoms in total. The molecule has 1 saturated heterocycles. The first-order chi connectivity index (χ1) is 11.2. The van der Waals surface area contributed by atoms with Crippen LogP contribution in [0.4, 0.5) is 13.2 Å². The lowest BCUT2D eigenvalue weighted by atomic mass is 9.97. The van der Waals surface area contributed by atoms with Crippen LogP contribution in [0.25, 0.3) is 0 Å². The second kappa shape index (κ2) is 7.49. The molecule has 0 aromatic carbocycles. The standard InChI is InChI=1S/C14H21F3N4O3/c1-20-4-2-19-12(20)13(23,14(15,16)17)10-11(22)18-3-5-21-6-8-24-9-7-21/h2,4,23H,3,5-10H2,1H3,(H,18,22). The largest absolute Gasteiger partial charge is 0.425 e. The molecule has 0 radical (unpaired) electrons. The van der Waals surface area contributed by atoms with Crippen molar-refractivity contribution in [1.29, 1.82) is 0 Å². The maximum atomic E-state index is 13.3. The number of aliphatic hydroxyl groups is 1. The predicted octanol–water partition coefficient (Wildman–Crippen LogP) is 0.00850. The lowest BCUT2D eigenvalue weighted by Gasteiger charge is -2.30. The van der Waals surface area contributed by atoms with Gasteiger partial charge in [0.1, 0.15) is 0 Å². The van der Waals surface area contributed by atoms with E-state index in [-0.39, 0.29) is 6.54 Å². The zero-order valence-corrected chi connectivity index (χ0v) is 13.3. The van der Waals surface area contributed by atoms with E-state index in [0.29, 0.717) is 19.8 Å². The summed E-state index contributed by atoms with van der Waals surface area (Å²) in [4.78, 5) is 17.5. The summed E-state index contributed by atoms with van der Waals surface area (Å²) in [6.07, 6.45) is -3.73. The number of hydrogen-bond acceptors (Lipinski definition) is 5. The number of hydrogen-bond donors (Lipinski definition) is 2. The van der Waals surface area contributed by atoms with Crippen molar-refractivity contribution in [2.75, 3.05) is 39.4 Å². The Morgan fingerprint density at radius 2 is 2.08 bits per heavy atom. The summed E-state index contributed by atoms with van der Waals surface area (Å²) in [5.74, 6) is -1.50. The van der Waals surface area contributed by atoms with Crippen LogP contribution in [-0.4, -0.2) is 71.0 Å². The van der Waals surface area contributed by atoms with Crippen LogP contribution in [0.3, 0.4) is 0 Å². The van der Waals surface area contributed by atoms with Crippen molar-refractivity contribution in [3.63, 3.8) is 0 Å². The number of halogens is 3. The van der Waals surface area contributed by atoms with Crippen LogP contribution in [0.5, 0.6) is 0 Å². The van der Waals surface area contributed by atoms with Crippen LogP contribution < -0.4 is 5.32 Å². The minimum atomic E-state index is -5.02. The highest BCUT2D eigenvalue weighted by molar-refractivity contribution is 5.77. The van der Waals surface area contributed by atoms with Crippen LogP contribution in [0.1, 0.15) is 12.2 Å². The molecule has 2 N–H and O–H groups in total. The Balaban J connectivity index is 1.94. The number of alkyl halides is 3. The molecule has 0 bridgehead atoms. The lowest BCUT2D eigenvalue weighted by Crippen LogP contribution is -2.48. The SMILES string of the molecule is Cn1ccnc1C(O)(CC(=O)NCCN1CCOCC1)C(F)(F)F. The number of morpholine rings is 1. The highest BCUT2D eigenvalue weighted by atomic mass is 19.4. The Bertz CT molecular complexity index is 558. The highest BCUT2D eigenvalue weighted by Crippen LogP contribution is 2.40. The number of amides is 1. The van der Waals surface area contributed by atoms with Gasteiger partial charge in [0.25, 0.3) is 0 Å². The molecule has 10 heteroatoms. The zero-order valence-electron chi connectivity index (χ0n) is 13.3. The third kappa shape index (κ3) is 4.25. The number of rotatable bonds is 6. The molecule has 1 fully saturated rings. The summed E-state index contributed by atoms with van der Waals surface area (Å²) >= 11 is 0. The Kier molecular flexibility index (Phi) is 5.83. The van der Waals surface area contributed by atoms with Crippen molar-refractivity contribution < 1.29 is 27.8 Å². The van der Waals surface area contributed by atoms with Crippen molar-refractivity contribution in [1.82, 2.24) is 19.8 Å². The van der Waals surface area contributed by atoms with Crippen molar-refractivity contribution in [2.24, 2.45) is 7.05 Å². The molecule has 2 rings (SSSR count). The van der Waals surface area contributed by atoms with E-state index in [2.05, 4.69) is 10.3 Å². The Hall–Kier alpha value is -1.65. The summed E-state index contributed by atoms with van der Waals surface area (Å²) in [6, 6.07) is 0. The molecule has 1 aromatic rings. The fourth-order valence-electron chi connectivity index (χ4n) is 2.54. The molecule has 0 saturated carbocycles. The molecular formula is C14H21F3N4O3. The summed E-state index contributed by atoms with van der Waals surface area (Å²) in [5, 5.41) is 12.5. The quantitative estimate of drug-likeness (QED) is 0.756. The second-order valence-corrected chi connectivity index (χ2v) is 5.70. The molecule has 1 atom stereocenters. The fourth-order valence-corrected chi connectivity index (χ4v) is 2.54. The molecule has 0 aliphatic carbocycles. The molecule has 1 amide bonds. The zero-order chi connectivity index (χ0) is 17.8. The summed E-state index contributed by atoms with van der Waals surface area (Å²) < 4.78 is 46.2. The topological polar surface area (TPSA) is 79.6 Å². The Labute approximate surface area is 137 Å². The van der Waals surface area contributed by atoms with E-state index in [1.54, 1.807) is 0 Å². The van der Waals surface area contributed by atoms with Crippen LogP contribution in [0.2, 0.25) is 0 Å². The summed E-state index contributed by atoms with van der Waals surface area (Å²) in [5.41, 5.74) is -3.33. The van der Waals surface area contributed by atoms with E-state index in [1.165, 1.54) is 13.2 Å². The first-order valence-corrected chi connectivity index (χ1v) is 7.58. The van der Waals surface area contributed by atoms with Crippen molar-refractivity contribution in [2.45, 2.75) is 18.2 Å². The van der Waals surface area contributed by atoms with Gasteiger partial charge in [-0.05, 0) is 0 Å². The smallest absolute Gasteiger partial charge is 0.379 e. The van der Waals surface area contributed by atoms with Crippen LogP contribution in [0, 0.1) is 0 Å². The van der Waals surface area contributed by atoms with E-state index in [0.717, 1.165) is 23.9 Å². The van der Waals surface area contributed by atoms with Crippen LogP contribution >= 0.6 is 0 Å². The molecule has 1 unspecified atom stereocenters. The number of carbonyl (C=O) groups is 1. The molecule has 136 valence electrons. The summed E-state index contributed by atoms with van der Waals surface area (Å²) in [7, 11) is 1.33. The van der Waals surface area contributed by atoms with Gasteiger partial charge in [0, 0.05) is 45.6 Å². The average Bonchev–Trinajstić information content (AvgIpc) is 2.93. The third-order valence-electron chi connectivity index (χ3n) is 3.93. The first kappa shape index (κ1) is 18.7. The van der Waals surface area contributed by atoms with Gasteiger partial charge in [-0.15, -0.1) is 0 Å². The van der Waals surface area contributed by atoms with E-state index in [9.17, 15) is 23.1 Å². The second-order valence-electron chi connectivity index (χ2n) is 5.70. The third-order valence-corrected chi connectivity index (χ3v) is 3.93. The van der Waals surface area contributed by atoms with Crippen molar-refractivity contribution in [3.8, 4) is 0 Å². The lowest BCUT2D eigenvalue weighted by molar-refractivity contribution is -0.271. The van der Waals surface area contributed by atoms with Crippen molar-refractivity contribution in [3.05, 3.63) is 18.2 Å². The van der Waals surface area contributed by atoms with E-state index in [4.69, 9.17) is 4.74 Å². The van der Waals surface area contributed by atoms with Gasteiger partial charge in [0.2, 0.25) is 11.5 Å². The molecule has 1 aliphatic rings. The Morgan fingerprint density at radius 1 is 1.42 bits per heavy atom. The van der Waals surface area contributed by atoms with Crippen molar-refractivity contribution >= 4 is 5.91 Å². The first-order valence-electron chi connectivity index (χ1n) is 7.58. The van der Waals surface area contributed by atoms with Crippen LogP contribution in [-0.2, 0) is 22.2 Å². The number of imidazole rings is 1. The molecule has 1 aliphatic heterocycles. The monoisotopic (exact) mass is 350 g/mol. The number of carbonyl (C=O) groups excluding carboxylic acids is 1. The molecule has 24 heavy (non-hydrogen) atoms. The predicted molar refractivity (Wildman–Crippen MR) is 78.0 cm³/mol. The number of ether oxygens (including phenoxy) is 1. The minimum absolute atomic E-state index is 0.202. The van der Waals surface area contributed by atoms with Gasteiger partial charge in [-0.3, -0.25) is 9.69 Å². The number of nitrogens with zero attached hydrogens (tertiary/aromatic N) is 3. The van der Waals surface area contributed by atoms with Gasteiger partial charge >= 0.3 is 6.18 Å². The molecule has 0 spiro atoms. The van der Waals surface area contributed by atoms with Gasteiger partial charge in [-0.2, -0.15) is 13.2 Å². The fraction of sp³-hybridized carbons (Fsp3) is 0.714. The minimum Gasteiger partial charge on any atom is -0.379 e. The van der Waals surface area contributed by atoms with Crippen LogP contribution in [0.15, 0.2) is 12.4 Å². The van der Waals surface area contributed by atoms with Gasteiger partial charge in [-0.1, -0.05) is 0 Å². The van der Waals surface area contributed by atoms with Gasteiger partial charge < -0.3 is 19.7 Å². The van der Waals surface area contributed by atoms with Gasteiger partial charge in [0.15, 0.2) is 5.82 Å². The number of aryl methyl sites for hydroxylation is 1. The van der Waals surface area contributed by atoms with E-state index in [1.807, 2.05) is 4.90 Å². The van der Waals surface area contributed by atoms with E-state index < -0.39 is 29.9 Å². The Morgan fingerprint density at radius 3 is 2.62 bits per heavy atom. The summed E-state index contributed by atoms with van der Waals surface area (Å²) in [6.45, 7) is 3.35. The number of nitrogens with one attached hydrogen (secondary N) is 1. The molecular weight excluding hydrogens is 329 g/mol. The highest BCUT2D eigenvalue weighted by Gasteiger charge is 2.58. The molecule has 1 aromatic heterocycles. The normalized spacial score (nSPS) is 19.0. The maximum absolute atomic E-state index is 13.3. The maximum Gasteiger partial charge on any atom is 0.425 e.